The van der Waals surface area contributed by atoms with Gasteiger partial charge in [-0.15, -0.1) is 11.3 Å². The van der Waals surface area contributed by atoms with E-state index in [9.17, 15) is 12.6 Å². The van der Waals surface area contributed by atoms with Gasteiger partial charge in [0.15, 0.2) is 5.84 Å². The summed E-state index contributed by atoms with van der Waals surface area (Å²) in [6.45, 7) is 0.384. The van der Waals surface area contributed by atoms with E-state index in [4.69, 9.17) is 4.28 Å². The van der Waals surface area contributed by atoms with Crippen molar-refractivity contribution in [3.8, 4) is 0 Å². The lowest BCUT2D eigenvalue weighted by atomic mass is 10.2. The molecule has 2 aliphatic rings. The second-order valence-corrected chi connectivity index (χ2v) is 11.9. The third-order valence-electron chi connectivity index (χ3n) is 5.27. The smallest absolute Gasteiger partial charge is 0.269 e. The zero-order chi connectivity index (χ0) is 21.6. The molecule has 1 aliphatic carbocycles. The molecule has 2 aromatic carbocycles. The predicted octanol–water partition coefficient (Wildman–Crippen LogP) is 4.52. The largest absolute Gasteiger partial charge is 0.338 e. The van der Waals surface area contributed by atoms with Gasteiger partial charge in [-0.3, -0.25) is 13.3 Å². The molecule has 3 aromatic rings. The Morgan fingerprint density at radius 3 is 2.65 bits per heavy atom. The van der Waals surface area contributed by atoms with Gasteiger partial charge in [0.25, 0.3) is 10.0 Å². The summed E-state index contributed by atoms with van der Waals surface area (Å²) in [7, 11) is -3.94. The van der Waals surface area contributed by atoms with Crippen LogP contribution in [-0.4, -0.2) is 25.0 Å². The fraction of sp³-hybridized carbons (Fsp3) is 0.250. The number of nitrogens with one attached hydrogen (secondary N) is 1. The molecule has 0 amide bonds. The van der Waals surface area contributed by atoms with Crippen LogP contribution >= 0.6 is 27.3 Å². The molecule has 11 heteroatoms. The molecule has 0 saturated heterocycles. The minimum atomic E-state index is -3.94. The maximum absolute atomic E-state index is 14.0. The van der Waals surface area contributed by atoms with Crippen molar-refractivity contribution >= 4 is 69.5 Å². The third kappa shape index (κ3) is 3.99. The van der Waals surface area contributed by atoms with Crippen molar-refractivity contribution in [3.63, 3.8) is 0 Å². The highest BCUT2D eigenvalue weighted by atomic mass is 79.9. The first kappa shape index (κ1) is 20.9. The summed E-state index contributed by atoms with van der Waals surface area (Å²) in [6, 6.07) is 14.4. The van der Waals surface area contributed by atoms with Crippen LogP contribution in [0.25, 0.3) is 10.1 Å². The number of fused-ring (bicyclic) bond motifs is 1. The number of amidine groups is 1. The molecule has 1 saturated carbocycles. The third-order valence-corrected chi connectivity index (χ3v) is 10.1. The zero-order valence-corrected chi connectivity index (χ0v) is 20.2. The van der Waals surface area contributed by atoms with E-state index < -0.39 is 21.3 Å². The van der Waals surface area contributed by atoms with Gasteiger partial charge < -0.3 is 0 Å². The summed E-state index contributed by atoms with van der Waals surface area (Å²) >= 11 is 3.27. The number of sulfonamides is 1. The van der Waals surface area contributed by atoms with Crippen molar-refractivity contribution in [1.82, 2.24) is 4.72 Å². The first-order valence-electron chi connectivity index (χ1n) is 9.68. The Hall–Kier alpha value is -1.95. The van der Waals surface area contributed by atoms with E-state index in [0.29, 0.717) is 23.0 Å². The number of rotatable bonds is 7. The Bertz CT molecular complexity index is 1320. The van der Waals surface area contributed by atoms with E-state index in [-0.39, 0.29) is 10.7 Å². The predicted molar refractivity (Wildman–Crippen MR) is 127 cm³/mol. The van der Waals surface area contributed by atoms with Crippen molar-refractivity contribution < 1.29 is 16.9 Å². The standard InChI is InChI=1S/C20H18BrN3O4S3/c21-18-14-5-1-3-7-16(14)29-20(18)24(12-11-13-9-10-13)31(26,27)17-8-4-2-6-15(17)19-22-28-30(25)23-19/h1-8,13H,9-12H2,(H,22,23). The number of nitrogens with zero attached hydrogens (tertiary/aromatic N) is 2. The molecule has 162 valence electrons. The average Bonchev–Trinajstić information content (AvgIpc) is 3.41. The summed E-state index contributed by atoms with van der Waals surface area (Å²) < 4.78 is 50.1. The number of hydrogen-bond donors (Lipinski definition) is 1. The van der Waals surface area contributed by atoms with Crippen LogP contribution in [0.4, 0.5) is 5.00 Å². The summed E-state index contributed by atoms with van der Waals surface area (Å²) in [5.74, 6) is 0.702. The molecular weight excluding hydrogens is 522 g/mol. The van der Waals surface area contributed by atoms with E-state index in [1.54, 1.807) is 24.3 Å². The quantitative estimate of drug-likeness (QED) is 0.478. The van der Waals surface area contributed by atoms with Crippen molar-refractivity contribution in [2.24, 2.45) is 11.1 Å². The van der Waals surface area contributed by atoms with Crippen LogP contribution < -0.4 is 9.03 Å². The molecule has 0 spiro atoms. The van der Waals surface area contributed by atoms with E-state index in [2.05, 4.69) is 25.8 Å². The molecular formula is C20H18BrN3O4S3. The lowest BCUT2D eigenvalue weighted by Crippen LogP contribution is -2.34. The molecule has 31 heavy (non-hydrogen) atoms. The Morgan fingerprint density at radius 2 is 1.94 bits per heavy atom. The van der Waals surface area contributed by atoms with Gasteiger partial charge in [0.05, 0.1) is 9.37 Å². The average molecular weight is 540 g/mol. The fourth-order valence-electron chi connectivity index (χ4n) is 3.50. The SMILES string of the molecule is O=S1NC(c2ccccc2S(=O)(=O)N(CCC2CC2)c2sc3ccccc3c2Br)=NO1. The van der Waals surface area contributed by atoms with Crippen LogP contribution in [0.3, 0.4) is 0 Å². The maximum Gasteiger partial charge on any atom is 0.338 e. The second-order valence-electron chi connectivity index (χ2n) is 7.37. The summed E-state index contributed by atoms with van der Waals surface area (Å²) in [6.07, 6.45) is 3.08. The van der Waals surface area contributed by atoms with Crippen molar-refractivity contribution in [2.45, 2.75) is 24.2 Å². The fourth-order valence-corrected chi connectivity index (χ4v) is 8.05. The normalized spacial score (nSPS) is 18.5. The topological polar surface area (TPSA) is 88.1 Å². The van der Waals surface area contributed by atoms with Gasteiger partial charge in [-0.1, -0.05) is 43.2 Å². The number of hydrogen-bond acceptors (Lipinski definition) is 6. The van der Waals surface area contributed by atoms with Gasteiger partial charge in [-0.2, -0.15) is 4.21 Å². The Morgan fingerprint density at radius 1 is 1.19 bits per heavy atom. The molecule has 5 rings (SSSR count). The lowest BCUT2D eigenvalue weighted by molar-refractivity contribution is 0.385. The minimum Gasteiger partial charge on any atom is -0.269 e. The number of anilines is 1. The van der Waals surface area contributed by atoms with E-state index in [0.717, 1.165) is 33.8 Å². The molecule has 0 radical (unpaired) electrons. The van der Waals surface area contributed by atoms with Gasteiger partial charge >= 0.3 is 11.3 Å². The molecule has 7 nitrogen and oxygen atoms in total. The van der Waals surface area contributed by atoms with Crippen LogP contribution in [-0.2, 0) is 25.6 Å². The monoisotopic (exact) mass is 539 g/mol. The van der Waals surface area contributed by atoms with Crippen LogP contribution in [0.5, 0.6) is 0 Å². The highest BCUT2D eigenvalue weighted by Crippen LogP contribution is 2.45. The molecule has 1 N–H and O–H groups in total. The van der Waals surface area contributed by atoms with Crippen molar-refractivity contribution in [3.05, 3.63) is 58.6 Å². The Balaban J connectivity index is 1.62. The Kier molecular flexibility index (Phi) is 5.53. The summed E-state index contributed by atoms with van der Waals surface area (Å²) in [5, 5.41) is 5.38. The van der Waals surface area contributed by atoms with E-state index >= 15 is 0 Å². The highest BCUT2D eigenvalue weighted by Gasteiger charge is 2.34. The molecule has 0 bridgehead atoms. The van der Waals surface area contributed by atoms with Gasteiger partial charge in [-0.05, 0) is 51.6 Å². The zero-order valence-electron chi connectivity index (χ0n) is 16.2. The molecule has 1 aliphatic heterocycles. The first-order valence-corrected chi connectivity index (χ1v) is 13.8. The minimum absolute atomic E-state index is 0.0869. The number of halogens is 1. The van der Waals surface area contributed by atoms with Gasteiger partial charge in [0.2, 0.25) is 0 Å². The van der Waals surface area contributed by atoms with Crippen LogP contribution in [0.2, 0.25) is 0 Å². The first-order chi connectivity index (χ1) is 14.9. The molecule has 1 unspecified atom stereocenters. The van der Waals surface area contributed by atoms with E-state index in [1.807, 2.05) is 24.3 Å². The molecule has 1 fully saturated rings. The van der Waals surface area contributed by atoms with Crippen molar-refractivity contribution in [2.75, 3.05) is 10.8 Å². The number of thiophene rings is 1. The maximum atomic E-state index is 14.0. The molecule has 1 atom stereocenters. The lowest BCUT2D eigenvalue weighted by Gasteiger charge is -2.24. The van der Waals surface area contributed by atoms with E-state index in [1.165, 1.54) is 15.6 Å². The number of benzene rings is 2. The van der Waals surface area contributed by atoms with Crippen LogP contribution in [0.15, 0.2) is 63.1 Å². The van der Waals surface area contributed by atoms with Gasteiger partial charge in [-0.25, -0.2) is 8.42 Å². The van der Waals surface area contributed by atoms with Crippen LogP contribution in [0.1, 0.15) is 24.8 Å². The number of oxime groups is 1. The van der Waals surface area contributed by atoms with Crippen LogP contribution in [0, 0.1) is 5.92 Å². The van der Waals surface area contributed by atoms with Gasteiger partial charge in [0, 0.05) is 22.2 Å². The Labute approximate surface area is 195 Å². The second kappa shape index (κ2) is 8.19. The highest BCUT2D eigenvalue weighted by molar-refractivity contribution is 9.10. The molecule has 1 aromatic heterocycles. The van der Waals surface area contributed by atoms with Gasteiger partial charge in [0.1, 0.15) is 5.00 Å². The molecule has 2 heterocycles. The van der Waals surface area contributed by atoms with Crippen molar-refractivity contribution in [1.29, 1.82) is 0 Å². The summed E-state index contributed by atoms with van der Waals surface area (Å²) in [4.78, 5) is 0.0869. The summed E-state index contributed by atoms with van der Waals surface area (Å²) in [5.41, 5.74) is 0.321.